The molecule has 17 heavy (non-hydrogen) atoms. The van der Waals surface area contributed by atoms with Gasteiger partial charge in [-0.1, -0.05) is 0 Å². The van der Waals surface area contributed by atoms with Gasteiger partial charge in [0.1, 0.15) is 6.04 Å². The van der Waals surface area contributed by atoms with E-state index >= 15 is 0 Å². The molecule has 0 unspecified atom stereocenters. The summed E-state index contributed by atoms with van der Waals surface area (Å²) in [7, 11) is 0. The zero-order valence-corrected chi connectivity index (χ0v) is 8.92. The number of hydrogen-bond donors (Lipinski definition) is 3. The van der Waals surface area contributed by atoms with Gasteiger partial charge in [0.2, 0.25) is 5.78 Å². The molecule has 0 aromatic heterocycles. The van der Waals surface area contributed by atoms with Crippen molar-refractivity contribution in [1.82, 2.24) is 0 Å². The Labute approximate surface area is 96.3 Å². The van der Waals surface area contributed by atoms with Crippen LogP contribution in [-0.4, -0.2) is 46.6 Å². The molecule has 0 amide bonds. The van der Waals surface area contributed by atoms with Crippen LogP contribution in [0.3, 0.4) is 0 Å². The SMILES string of the molecule is N[C@H]1CCOC1=O.O=C(O)CCC(=O)C(=O)O. The van der Waals surface area contributed by atoms with Crippen LogP contribution in [0, 0.1) is 0 Å². The minimum atomic E-state index is -1.58. The number of esters is 1. The quantitative estimate of drug-likeness (QED) is 0.413. The molecule has 1 rings (SSSR count). The Bertz CT molecular complexity index is 325. The minimum Gasteiger partial charge on any atom is -0.481 e. The summed E-state index contributed by atoms with van der Waals surface area (Å²) in [6, 6.07) is -0.347. The van der Waals surface area contributed by atoms with Crippen molar-refractivity contribution in [1.29, 1.82) is 0 Å². The molecule has 8 nitrogen and oxygen atoms in total. The highest BCUT2D eigenvalue weighted by Crippen LogP contribution is 2.00. The fourth-order valence-electron chi connectivity index (χ4n) is 0.839. The molecule has 1 heterocycles. The number of carboxylic acid groups (broad SMARTS) is 2. The molecule has 0 aromatic rings. The van der Waals surface area contributed by atoms with Gasteiger partial charge in [-0.3, -0.25) is 14.4 Å². The zero-order chi connectivity index (χ0) is 13.4. The number of ketones is 1. The first-order chi connectivity index (χ1) is 7.84. The van der Waals surface area contributed by atoms with Crippen LogP contribution in [0.25, 0.3) is 0 Å². The van der Waals surface area contributed by atoms with Gasteiger partial charge in [0.05, 0.1) is 13.0 Å². The molecule has 1 aliphatic heterocycles. The van der Waals surface area contributed by atoms with Crippen LogP contribution in [0.15, 0.2) is 0 Å². The van der Waals surface area contributed by atoms with E-state index in [1.807, 2.05) is 0 Å². The van der Waals surface area contributed by atoms with E-state index in [-0.39, 0.29) is 12.0 Å². The van der Waals surface area contributed by atoms with Gasteiger partial charge in [-0.05, 0) is 0 Å². The monoisotopic (exact) mass is 247 g/mol. The summed E-state index contributed by atoms with van der Waals surface area (Å²) in [5, 5.41) is 16.0. The summed E-state index contributed by atoms with van der Waals surface area (Å²) >= 11 is 0. The molecule has 0 saturated carbocycles. The van der Waals surface area contributed by atoms with Crippen LogP contribution in [-0.2, 0) is 23.9 Å². The molecule has 0 bridgehead atoms. The number of ether oxygens (including phenoxy) is 1. The van der Waals surface area contributed by atoms with E-state index in [1.54, 1.807) is 0 Å². The fourth-order valence-corrected chi connectivity index (χ4v) is 0.839. The third-order valence-electron chi connectivity index (χ3n) is 1.78. The number of carbonyl (C=O) groups is 4. The molecule has 0 radical (unpaired) electrons. The number of Topliss-reactive ketones (excluding diaryl/α,β-unsaturated/α-hetero) is 1. The Morgan fingerprint density at radius 3 is 2.12 bits per heavy atom. The highest BCUT2D eigenvalue weighted by molar-refractivity contribution is 6.32. The third kappa shape index (κ3) is 7.01. The number of nitrogens with two attached hydrogens (primary N) is 1. The molecule has 96 valence electrons. The topological polar surface area (TPSA) is 144 Å². The number of aliphatic carboxylic acids is 2. The van der Waals surface area contributed by atoms with Gasteiger partial charge in [0.25, 0.3) is 0 Å². The van der Waals surface area contributed by atoms with Crippen LogP contribution in [0.5, 0.6) is 0 Å². The van der Waals surface area contributed by atoms with Gasteiger partial charge < -0.3 is 20.7 Å². The van der Waals surface area contributed by atoms with E-state index in [1.165, 1.54) is 0 Å². The molecule has 1 saturated heterocycles. The first kappa shape index (κ1) is 15.0. The molecule has 0 aromatic carbocycles. The smallest absolute Gasteiger partial charge is 0.372 e. The van der Waals surface area contributed by atoms with Crippen molar-refractivity contribution in [3.8, 4) is 0 Å². The van der Waals surface area contributed by atoms with Crippen LogP contribution in [0.2, 0.25) is 0 Å². The van der Waals surface area contributed by atoms with Gasteiger partial charge in [-0.2, -0.15) is 0 Å². The lowest BCUT2D eigenvalue weighted by Crippen LogP contribution is -2.24. The van der Waals surface area contributed by atoms with Crippen molar-refractivity contribution >= 4 is 23.7 Å². The van der Waals surface area contributed by atoms with Crippen molar-refractivity contribution in [3.63, 3.8) is 0 Å². The molecule has 1 aliphatic rings. The van der Waals surface area contributed by atoms with Crippen molar-refractivity contribution in [2.24, 2.45) is 5.73 Å². The lowest BCUT2D eigenvalue weighted by atomic mass is 10.2. The predicted molar refractivity (Wildman–Crippen MR) is 53.1 cm³/mol. The second-order valence-corrected chi connectivity index (χ2v) is 3.18. The van der Waals surface area contributed by atoms with E-state index in [9.17, 15) is 19.2 Å². The summed E-state index contributed by atoms with van der Waals surface area (Å²) in [6.07, 6.45) is -0.186. The summed E-state index contributed by atoms with van der Waals surface area (Å²) in [5.74, 6) is -4.08. The standard InChI is InChI=1S/C5H6O5.C4H7NO2/c6-3(5(9)10)1-2-4(7)8;5-3-1-2-7-4(3)6/h1-2H2,(H,7,8)(H,9,10);3H,1-2,5H2/t;3-/m.0/s1. The minimum absolute atomic E-state index is 0.264. The molecule has 8 heteroatoms. The average Bonchev–Trinajstić information content (AvgIpc) is 2.60. The van der Waals surface area contributed by atoms with Crippen molar-refractivity contribution in [3.05, 3.63) is 0 Å². The first-order valence-corrected chi connectivity index (χ1v) is 4.74. The summed E-state index contributed by atoms with van der Waals surface area (Å²) < 4.78 is 4.50. The van der Waals surface area contributed by atoms with E-state index in [0.717, 1.165) is 0 Å². The third-order valence-corrected chi connectivity index (χ3v) is 1.78. The normalized spacial score (nSPS) is 17.7. The summed E-state index contributed by atoms with van der Waals surface area (Å²) in [5.41, 5.74) is 5.20. The first-order valence-electron chi connectivity index (χ1n) is 4.74. The maximum Gasteiger partial charge on any atom is 0.372 e. The molecule has 1 atom stereocenters. The Kier molecular flexibility index (Phi) is 6.49. The second-order valence-electron chi connectivity index (χ2n) is 3.18. The van der Waals surface area contributed by atoms with E-state index in [2.05, 4.69) is 4.74 Å². The lowest BCUT2D eigenvalue weighted by molar-refractivity contribution is -0.149. The number of rotatable bonds is 4. The van der Waals surface area contributed by atoms with Crippen molar-refractivity contribution in [2.45, 2.75) is 25.3 Å². The number of hydrogen-bond acceptors (Lipinski definition) is 6. The van der Waals surface area contributed by atoms with Crippen molar-refractivity contribution in [2.75, 3.05) is 6.61 Å². The Hall–Kier alpha value is -1.96. The Morgan fingerprint density at radius 1 is 1.29 bits per heavy atom. The Morgan fingerprint density at radius 2 is 1.88 bits per heavy atom. The number of carbonyl (C=O) groups excluding carboxylic acids is 2. The highest BCUT2D eigenvalue weighted by Gasteiger charge is 2.21. The maximum absolute atomic E-state index is 10.2. The summed E-state index contributed by atoms with van der Waals surface area (Å²) in [4.78, 5) is 40.0. The van der Waals surface area contributed by atoms with E-state index in [0.29, 0.717) is 13.0 Å². The average molecular weight is 247 g/mol. The number of cyclic esters (lactones) is 1. The van der Waals surface area contributed by atoms with Crippen LogP contribution < -0.4 is 5.73 Å². The Balaban J connectivity index is 0.000000318. The molecule has 1 fully saturated rings. The molecule has 0 aliphatic carbocycles. The summed E-state index contributed by atoms with van der Waals surface area (Å²) in [6.45, 7) is 0.500. The maximum atomic E-state index is 10.2. The van der Waals surface area contributed by atoms with E-state index in [4.69, 9.17) is 15.9 Å². The second kappa shape index (κ2) is 7.34. The van der Waals surface area contributed by atoms with Gasteiger partial charge in [0.15, 0.2) is 0 Å². The lowest BCUT2D eigenvalue weighted by Gasteiger charge is -1.89. The van der Waals surface area contributed by atoms with Crippen LogP contribution >= 0.6 is 0 Å². The fraction of sp³-hybridized carbons (Fsp3) is 0.556. The van der Waals surface area contributed by atoms with Crippen LogP contribution in [0.1, 0.15) is 19.3 Å². The van der Waals surface area contributed by atoms with E-state index < -0.39 is 30.6 Å². The van der Waals surface area contributed by atoms with Crippen molar-refractivity contribution < 1.29 is 34.1 Å². The van der Waals surface area contributed by atoms with Crippen LogP contribution in [0.4, 0.5) is 0 Å². The molecule has 0 spiro atoms. The van der Waals surface area contributed by atoms with Gasteiger partial charge in [0, 0.05) is 12.8 Å². The predicted octanol–water partition coefficient (Wildman–Crippen LogP) is -1.23. The number of carboxylic acids is 2. The molecular weight excluding hydrogens is 234 g/mol. The highest BCUT2D eigenvalue weighted by atomic mass is 16.5. The molecular formula is C9H13NO7. The zero-order valence-electron chi connectivity index (χ0n) is 8.92. The van der Waals surface area contributed by atoms with Gasteiger partial charge >= 0.3 is 17.9 Å². The van der Waals surface area contributed by atoms with Gasteiger partial charge in [-0.25, -0.2) is 4.79 Å². The largest absolute Gasteiger partial charge is 0.481 e. The van der Waals surface area contributed by atoms with Gasteiger partial charge in [-0.15, -0.1) is 0 Å². The molecule has 4 N–H and O–H groups in total.